The van der Waals surface area contributed by atoms with Crippen molar-refractivity contribution in [1.29, 1.82) is 0 Å². The van der Waals surface area contributed by atoms with E-state index in [1.165, 1.54) is 0 Å². The zero-order valence-corrected chi connectivity index (χ0v) is 13.9. The SMILES string of the molecule is Cn1nccc1O[P+](C)(Oc1ccccc1)Oc1ccccc1. The standard InChI is InChI=1S/C17H18N2O3P/c1-19-17(13-14-18-19)22-23(2,20-15-9-5-3-6-10-15)21-16-11-7-4-8-12-16/h3-14H,1-2H3/q+1. The summed E-state index contributed by atoms with van der Waals surface area (Å²) in [6.45, 7) is 1.83. The van der Waals surface area contributed by atoms with E-state index in [1.807, 2.05) is 74.4 Å². The van der Waals surface area contributed by atoms with Gasteiger partial charge in [-0.05, 0) is 24.3 Å². The first-order valence-corrected chi connectivity index (χ1v) is 9.17. The van der Waals surface area contributed by atoms with Gasteiger partial charge in [-0.15, -0.1) is 0 Å². The van der Waals surface area contributed by atoms with Gasteiger partial charge >= 0.3 is 7.94 Å². The van der Waals surface area contributed by atoms with Gasteiger partial charge < -0.3 is 0 Å². The summed E-state index contributed by atoms with van der Waals surface area (Å²) in [4.78, 5) is 0. The van der Waals surface area contributed by atoms with Crippen LogP contribution in [0.2, 0.25) is 0 Å². The van der Waals surface area contributed by atoms with E-state index in [1.54, 1.807) is 16.9 Å². The van der Waals surface area contributed by atoms with Crippen LogP contribution in [-0.4, -0.2) is 16.4 Å². The van der Waals surface area contributed by atoms with Gasteiger partial charge in [-0.2, -0.15) is 5.10 Å². The van der Waals surface area contributed by atoms with Gasteiger partial charge in [0.15, 0.2) is 18.2 Å². The molecule has 5 nitrogen and oxygen atoms in total. The van der Waals surface area contributed by atoms with Crippen LogP contribution in [0.25, 0.3) is 0 Å². The molecule has 1 aromatic heterocycles. The molecule has 3 rings (SSSR count). The van der Waals surface area contributed by atoms with E-state index in [-0.39, 0.29) is 0 Å². The monoisotopic (exact) mass is 329 g/mol. The third kappa shape index (κ3) is 4.02. The molecule has 1 heterocycles. The maximum Gasteiger partial charge on any atom is 0.539 e. The van der Waals surface area contributed by atoms with Crippen LogP contribution in [0.4, 0.5) is 0 Å². The summed E-state index contributed by atoms with van der Waals surface area (Å²) in [5.74, 6) is 1.98. The number of aromatic nitrogens is 2. The largest absolute Gasteiger partial charge is 0.539 e. The second-order valence-corrected chi connectivity index (χ2v) is 7.05. The highest BCUT2D eigenvalue weighted by atomic mass is 31.2. The first-order valence-electron chi connectivity index (χ1n) is 7.18. The second kappa shape index (κ2) is 6.71. The highest BCUT2D eigenvalue weighted by Crippen LogP contribution is 2.57. The van der Waals surface area contributed by atoms with E-state index in [2.05, 4.69) is 5.10 Å². The predicted octanol–water partition coefficient (Wildman–Crippen LogP) is 4.35. The van der Waals surface area contributed by atoms with Gasteiger partial charge in [0.1, 0.15) is 0 Å². The Bertz CT molecular complexity index is 705. The molecule has 0 atom stereocenters. The molecule has 2 aromatic carbocycles. The van der Waals surface area contributed by atoms with Crippen molar-refractivity contribution < 1.29 is 13.6 Å². The van der Waals surface area contributed by atoms with E-state index in [0.29, 0.717) is 17.4 Å². The molecule has 23 heavy (non-hydrogen) atoms. The number of para-hydroxylation sites is 2. The Morgan fingerprint density at radius 3 is 1.74 bits per heavy atom. The zero-order chi connectivity index (χ0) is 16.1. The average molecular weight is 329 g/mol. The molecular formula is C17H18N2O3P+. The van der Waals surface area contributed by atoms with Crippen LogP contribution in [0.15, 0.2) is 72.9 Å². The third-order valence-electron chi connectivity index (χ3n) is 3.06. The van der Waals surface area contributed by atoms with Gasteiger partial charge in [0.25, 0.3) is 5.88 Å². The van der Waals surface area contributed by atoms with Crippen LogP contribution in [0, 0.1) is 0 Å². The van der Waals surface area contributed by atoms with E-state index in [4.69, 9.17) is 13.6 Å². The van der Waals surface area contributed by atoms with Crippen molar-refractivity contribution in [1.82, 2.24) is 9.78 Å². The average Bonchev–Trinajstić information content (AvgIpc) is 2.93. The minimum absolute atomic E-state index is 0.590. The first kappa shape index (κ1) is 15.4. The Labute approximate surface area is 136 Å². The number of benzene rings is 2. The van der Waals surface area contributed by atoms with E-state index < -0.39 is 7.94 Å². The van der Waals surface area contributed by atoms with E-state index in [9.17, 15) is 0 Å². The van der Waals surface area contributed by atoms with Crippen LogP contribution < -0.4 is 13.6 Å². The van der Waals surface area contributed by atoms with Gasteiger partial charge in [0.2, 0.25) is 0 Å². The molecule has 0 unspecified atom stereocenters. The number of hydrogen-bond acceptors (Lipinski definition) is 4. The van der Waals surface area contributed by atoms with Gasteiger partial charge in [-0.25, -0.2) is 4.68 Å². The molecule has 0 amide bonds. The lowest BCUT2D eigenvalue weighted by Crippen LogP contribution is -2.15. The lowest BCUT2D eigenvalue weighted by molar-refractivity contribution is 0.348. The minimum atomic E-state index is -2.69. The Kier molecular flexibility index (Phi) is 4.49. The van der Waals surface area contributed by atoms with Crippen LogP contribution in [0.5, 0.6) is 17.4 Å². The first-order chi connectivity index (χ1) is 11.1. The summed E-state index contributed by atoms with van der Waals surface area (Å²) in [6, 6.07) is 20.8. The quantitative estimate of drug-likeness (QED) is 0.631. The van der Waals surface area contributed by atoms with Gasteiger partial charge in [-0.3, -0.25) is 13.6 Å². The molecule has 0 saturated heterocycles. The predicted molar refractivity (Wildman–Crippen MR) is 90.8 cm³/mol. The maximum atomic E-state index is 6.06. The molecule has 0 saturated carbocycles. The molecule has 0 fully saturated rings. The van der Waals surface area contributed by atoms with Crippen molar-refractivity contribution in [2.24, 2.45) is 7.05 Å². The summed E-state index contributed by atoms with van der Waals surface area (Å²) in [7, 11) is -0.879. The van der Waals surface area contributed by atoms with Gasteiger partial charge in [0, 0.05) is 13.1 Å². The number of nitrogens with zero attached hydrogens (tertiary/aromatic N) is 2. The number of rotatable bonds is 6. The van der Waals surface area contributed by atoms with Crippen LogP contribution >= 0.6 is 7.94 Å². The summed E-state index contributed by atoms with van der Waals surface area (Å²) in [6.07, 6.45) is 1.67. The fourth-order valence-electron chi connectivity index (χ4n) is 2.02. The lowest BCUT2D eigenvalue weighted by atomic mass is 10.3. The molecule has 0 bridgehead atoms. The lowest BCUT2D eigenvalue weighted by Gasteiger charge is -2.19. The molecule has 0 N–H and O–H groups in total. The van der Waals surface area contributed by atoms with Crippen LogP contribution in [0.1, 0.15) is 0 Å². The second-order valence-electron chi connectivity index (χ2n) is 4.96. The highest BCUT2D eigenvalue weighted by Gasteiger charge is 2.44. The molecular weight excluding hydrogens is 311 g/mol. The molecule has 0 aliphatic heterocycles. The molecule has 3 aromatic rings. The maximum absolute atomic E-state index is 6.06. The minimum Gasteiger partial charge on any atom is -0.272 e. The molecule has 0 aliphatic rings. The zero-order valence-electron chi connectivity index (χ0n) is 13.0. The van der Waals surface area contributed by atoms with Crippen molar-refractivity contribution in [3.63, 3.8) is 0 Å². The van der Waals surface area contributed by atoms with Crippen molar-refractivity contribution in [3.05, 3.63) is 72.9 Å². The molecule has 0 radical (unpaired) electrons. The third-order valence-corrected chi connectivity index (χ3v) is 4.67. The molecule has 118 valence electrons. The van der Waals surface area contributed by atoms with Crippen molar-refractivity contribution in [3.8, 4) is 17.4 Å². The Morgan fingerprint density at radius 2 is 1.30 bits per heavy atom. The summed E-state index contributed by atoms with van der Waals surface area (Å²) < 4.78 is 19.8. The smallest absolute Gasteiger partial charge is 0.272 e. The normalized spacial score (nSPS) is 11.0. The topological polar surface area (TPSA) is 45.5 Å². The van der Waals surface area contributed by atoms with Crippen molar-refractivity contribution >= 4 is 7.94 Å². The van der Waals surface area contributed by atoms with Gasteiger partial charge in [-0.1, -0.05) is 36.4 Å². The molecule has 0 aliphatic carbocycles. The fourth-order valence-corrected chi connectivity index (χ4v) is 3.66. The number of aryl methyl sites for hydroxylation is 1. The fraction of sp³-hybridized carbons (Fsp3) is 0.118. The van der Waals surface area contributed by atoms with Crippen molar-refractivity contribution in [2.75, 3.05) is 6.66 Å². The Balaban J connectivity index is 1.87. The van der Waals surface area contributed by atoms with Crippen LogP contribution in [0.3, 0.4) is 0 Å². The van der Waals surface area contributed by atoms with Crippen LogP contribution in [-0.2, 0) is 7.05 Å². The summed E-state index contributed by atoms with van der Waals surface area (Å²) in [5, 5.41) is 4.11. The van der Waals surface area contributed by atoms with Gasteiger partial charge in [0.05, 0.1) is 6.20 Å². The molecule has 0 spiro atoms. The molecule has 6 heteroatoms. The van der Waals surface area contributed by atoms with Crippen molar-refractivity contribution in [2.45, 2.75) is 0 Å². The summed E-state index contributed by atoms with van der Waals surface area (Å²) >= 11 is 0. The number of hydrogen-bond donors (Lipinski definition) is 0. The highest BCUT2D eigenvalue weighted by molar-refractivity contribution is 7.62. The Morgan fingerprint density at radius 1 is 0.783 bits per heavy atom. The van der Waals surface area contributed by atoms with E-state index in [0.717, 1.165) is 0 Å². The van der Waals surface area contributed by atoms with E-state index >= 15 is 0 Å². The summed E-state index contributed by atoms with van der Waals surface area (Å²) in [5.41, 5.74) is 0. The Hall–Kier alpha value is -2.52.